The van der Waals surface area contributed by atoms with Gasteiger partial charge in [0.05, 0.1) is 5.69 Å². The SMILES string of the molecule is Cn1nc2c(c1NC(=O)[C@@H](NC(=O)OCc1ccccc1)c1ccc(OCc3ccccc3)cc1)CNC2. The lowest BCUT2D eigenvalue weighted by Crippen LogP contribution is -2.37. The molecule has 0 bridgehead atoms. The molecular formula is C29H29N5O4. The number of benzene rings is 3. The summed E-state index contributed by atoms with van der Waals surface area (Å²) in [6.07, 6.45) is -0.699. The molecule has 2 heterocycles. The normalized spacial score (nSPS) is 12.9. The zero-order valence-electron chi connectivity index (χ0n) is 21.0. The first-order valence-corrected chi connectivity index (χ1v) is 12.4. The number of fused-ring (bicyclic) bond motifs is 1. The number of nitrogens with zero attached hydrogens (tertiary/aromatic N) is 2. The van der Waals surface area contributed by atoms with Crippen LogP contribution in [0.4, 0.5) is 10.6 Å². The third-order valence-corrected chi connectivity index (χ3v) is 6.26. The van der Waals surface area contributed by atoms with E-state index >= 15 is 0 Å². The van der Waals surface area contributed by atoms with Crippen LogP contribution in [0.15, 0.2) is 84.9 Å². The number of anilines is 1. The molecule has 9 nitrogen and oxygen atoms in total. The van der Waals surface area contributed by atoms with Crippen molar-refractivity contribution in [3.8, 4) is 5.75 Å². The first-order chi connectivity index (χ1) is 18.6. The maximum atomic E-state index is 13.5. The summed E-state index contributed by atoms with van der Waals surface area (Å²) in [5.74, 6) is 0.846. The molecule has 0 aliphatic carbocycles. The zero-order chi connectivity index (χ0) is 26.3. The van der Waals surface area contributed by atoms with Crippen molar-refractivity contribution in [3.05, 3.63) is 113 Å². The van der Waals surface area contributed by atoms with Crippen molar-refractivity contribution in [2.75, 3.05) is 5.32 Å². The van der Waals surface area contributed by atoms with Gasteiger partial charge in [-0.2, -0.15) is 5.10 Å². The van der Waals surface area contributed by atoms with Crippen molar-refractivity contribution in [2.45, 2.75) is 32.3 Å². The minimum atomic E-state index is -0.999. The highest BCUT2D eigenvalue weighted by atomic mass is 16.5. The summed E-state index contributed by atoms with van der Waals surface area (Å²) >= 11 is 0. The largest absolute Gasteiger partial charge is 0.489 e. The summed E-state index contributed by atoms with van der Waals surface area (Å²) in [6, 6.07) is 25.3. The molecule has 1 aromatic heterocycles. The van der Waals surface area contributed by atoms with Crippen molar-refractivity contribution >= 4 is 17.8 Å². The summed E-state index contributed by atoms with van der Waals surface area (Å²) in [4.78, 5) is 26.2. The molecule has 9 heteroatoms. The minimum absolute atomic E-state index is 0.0915. The molecule has 194 valence electrons. The molecule has 2 amide bonds. The Morgan fingerprint density at radius 1 is 0.921 bits per heavy atom. The molecule has 0 spiro atoms. The number of ether oxygens (including phenoxy) is 2. The van der Waals surface area contributed by atoms with E-state index in [0.717, 1.165) is 22.4 Å². The van der Waals surface area contributed by atoms with Gasteiger partial charge in [0.1, 0.15) is 30.8 Å². The van der Waals surface area contributed by atoms with Crippen molar-refractivity contribution in [2.24, 2.45) is 7.05 Å². The number of hydrogen-bond donors (Lipinski definition) is 3. The fourth-order valence-electron chi connectivity index (χ4n) is 4.28. The molecule has 4 aromatic rings. The Kier molecular flexibility index (Phi) is 7.65. The van der Waals surface area contributed by atoms with E-state index in [2.05, 4.69) is 21.0 Å². The molecule has 0 saturated heterocycles. The minimum Gasteiger partial charge on any atom is -0.489 e. The molecule has 5 rings (SSSR count). The van der Waals surface area contributed by atoms with E-state index in [9.17, 15) is 9.59 Å². The summed E-state index contributed by atoms with van der Waals surface area (Å²) in [7, 11) is 1.78. The Bertz CT molecular complexity index is 1390. The van der Waals surface area contributed by atoms with E-state index in [1.165, 1.54) is 0 Å². The fraction of sp³-hybridized carbons (Fsp3) is 0.207. The number of hydrogen-bond acceptors (Lipinski definition) is 6. The fourth-order valence-corrected chi connectivity index (χ4v) is 4.28. The first-order valence-electron chi connectivity index (χ1n) is 12.4. The van der Waals surface area contributed by atoms with Crippen LogP contribution >= 0.6 is 0 Å². The summed E-state index contributed by atoms with van der Waals surface area (Å²) in [5.41, 5.74) is 4.32. The molecule has 3 N–H and O–H groups in total. The van der Waals surface area contributed by atoms with E-state index in [0.29, 0.717) is 36.8 Å². The highest BCUT2D eigenvalue weighted by molar-refractivity contribution is 5.97. The predicted molar refractivity (Wildman–Crippen MR) is 142 cm³/mol. The van der Waals surface area contributed by atoms with Gasteiger partial charge >= 0.3 is 6.09 Å². The Morgan fingerprint density at radius 2 is 1.58 bits per heavy atom. The Morgan fingerprint density at radius 3 is 2.26 bits per heavy atom. The van der Waals surface area contributed by atoms with Crippen LogP contribution in [0.2, 0.25) is 0 Å². The van der Waals surface area contributed by atoms with Crippen LogP contribution < -0.4 is 20.7 Å². The van der Waals surface area contributed by atoms with Crippen molar-refractivity contribution in [1.29, 1.82) is 0 Å². The molecule has 3 aromatic carbocycles. The molecule has 38 heavy (non-hydrogen) atoms. The Balaban J connectivity index is 1.31. The smallest absolute Gasteiger partial charge is 0.408 e. The number of aryl methyl sites for hydroxylation is 1. The molecule has 0 saturated carbocycles. The van der Waals surface area contributed by atoms with Gasteiger partial charge in [0.2, 0.25) is 0 Å². The molecule has 1 aliphatic heterocycles. The predicted octanol–water partition coefficient (Wildman–Crippen LogP) is 4.21. The van der Waals surface area contributed by atoms with E-state index in [-0.39, 0.29) is 6.61 Å². The molecule has 0 radical (unpaired) electrons. The van der Waals surface area contributed by atoms with Gasteiger partial charge < -0.3 is 25.4 Å². The van der Waals surface area contributed by atoms with Gasteiger partial charge in [0, 0.05) is 25.7 Å². The van der Waals surface area contributed by atoms with Crippen molar-refractivity contribution < 1.29 is 19.1 Å². The van der Waals surface area contributed by atoms with Crippen LogP contribution in [0.3, 0.4) is 0 Å². The third-order valence-electron chi connectivity index (χ3n) is 6.26. The van der Waals surface area contributed by atoms with Crippen LogP contribution in [0.25, 0.3) is 0 Å². The Labute approximate surface area is 220 Å². The number of carbonyl (C=O) groups is 2. The first kappa shape index (κ1) is 25.0. The van der Waals surface area contributed by atoms with Crippen LogP contribution in [0.1, 0.15) is 34.0 Å². The van der Waals surface area contributed by atoms with Crippen molar-refractivity contribution in [3.63, 3.8) is 0 Å². The summed E-state index contributed by atoms with van der Waals surface area (Å²) in [5, 5.41) is 13.4. The second kappa shape index (κ2) is 11.6. The average Bonchev–Trinajstić information content (AvgIpc) is 3.52. The molecular weight excluding hydrogens is 482 g/mol. The number of carbonyl (C=O) groups excluding carboxylic acids is 2. The van der Waals surface area contributed by atoms with Gasteiger partial charge in [-0.15, -0.1) is 0 Å². The zero-order valence-corrected chi connectivity index (χ0v) is 21.0. The number of aromatic nitrogens is 2. The quantitative estimate of drug-likeness (QED) is 0.311. The van der Waals surface area contributed by atoms with E-state index in [1.807, 2.05) is 60.7 Å². The van der Waals surface area contributed by atoms with E-state index < -0.39 is 18.0 Å². The van der Waals surface area contributed by atoms with Gasteiger partial charge in [-0.25, -0.2) is 4.79 Å². The molecule has 1 aliphatic rings. The lowest BCUT2D eigenvalue weighted by atomic mass is 10.1. The highest BCUT2D eigenvalue weighted by Crippen LogP contribution is 2.26. The van der Waals surface area contributed by atoms with Crippen LogP contribution in [0.5, 0.6) is 5.75 Å². The van der Waals surface area contributed by atoms with E-state index in [4.69, 9.17) is 9.47 Å². The second-order valence-electron chi connectivity index (χ2n) is 8.97. The third kappa shape index (κ3) is 6.01. The molecule has 0 fully saturated rings. The van der Waals surface area contributed by atoms with Gasteiger partial charge in [-0.3, -0.25) is 9.48 Å². The maximum absolute atomic E-state index is 13.5. The Hall–Kier alpha value is -4.63. The topological polar surface area (TPSA) is 107 Å². The molecule has 0 unspecified atom stereocenters. The summed E-state index contributed by atoms with van der Waals surface area (Å²) < 4.78 is 12.9. The van der Waals surface area contributed by atoms with Crippen LogP contribution in [0, 0.1) is 0 Å². The van der Waals surface area contributed by atoms with Crippen LogP contribution in [-0.4, -0.2) is 21.8 Å². The van der Waals surface area contributed by atoms with Gasteiger partial charge in [0.15, 0.2) is 0 Å². The number of amides is 2. The van der Waals surface area contributed by atoms with Crippen molar-refractivity contribution in [1.82, 2.24) is 20.4 Å². The molecule has 1 atom stereocenters. The lowest BCUT2D eigenvalue weighted by Gasteiger charge is -2.20. The van der Waals surface area contributed by atoms with Gasteiger partial charge in [0.25, 0.3) is 5.91 Å². The summed E-state index contributed by atoms with van der Waals surface area (Å²) in [6.45, 7) is 1.78. The monoisotopic (exact) mass is 511 g/mol. The van der Waals surface area contributed by atoms with Gasteiger partial charge in [-0.05, 0) is 28.8 Å². The number of nitrogens with one attached hydrogen (secondary N) is 3. The number of alkyl carbamates (subject to hydrolysis) is 1. The maximum Gasteiger partial charge on any atom is 0.408 e. The average molecular weight is 512 g/mol. The second-order valence-corrected chi connectivity index (χ2v) is 8.97. The van der Waals surface area contributed by atoms with Crippen LogP contribution in [-0.2, 0) is 42.9 Å². The van der Waals surface area contributed by atoms with Gasteiger partial charge in [-0.1, -0.05) is 72.8 Å². The van der Waals surface area contributed by atoms with E-state index in [1.54, 1.807) is 36.0 Å². The highest BCUT2D eigenvalue weighted by Gasteiger charge is 2.28. The standard InChI is InChI=1S/C29H29N5O4/c1-34-27(24-16-30-17-25(24)33-34)32-28(35)26(31-29(36)38-19-21-10-6-3-7-11-21)22-12-14-23(15-13-22)37-18-20-8-4-2-5-9-20/h2-15,26,30H,16-19H2,1H3,(H,31,36)(H,32,35)/t26-/m0/s1. The number of rotatable bonds is 9. The lowest BCUT2D eigenvalue weighted by molar-refractivity contribution is -0.118.